The minimum absolute atomic E-state index is 0.0265. The van der Waals surface area contributed by atoms with E-state index in [9.17, 15) is 9.59 Å². The molecule has 1 atom stereocenters. The molecule has 0 radical (unpaired) electrons. The minimum Gasteiger partial charge on any atom is -0.352 e. The van der Waals surface area contributed by atoms with Crippen LogP contribution in [0.15, 0.2) is 60.2 Å². The van der Waals surface area contributed by atoms with Crippen molar-refractivity contribution < 1.29 is 9.59 Å². The van der Waals surface area contributed by atoms with Crippen LogP contribution in [0.25, 0.3) is 0 Å². The molecule has 1 heterocycles. The summed E-state index contributed by atoms with van der Waals surface area (Å²) in [4.78, 5) is 27.3. The van der Waals surface area contributed by atoms with Gasteiger partial charge in [-0.3, -0.25) is 4.79 Å². The van der Waals surface area contributed by atoms with Gasteiger partial charge in [0.1, 0.15) is 0 Å². The van der Waals surface area contributed by atoms with Crippen LogP contribution in [0.2, 0.25) is 5.02 Å². The lowest BCUT2D eigenvalue weighted by atomic mass is 9.89. The number of amides is 3. The van der Waals surface area contributed by atoms with Gasteiger partial charge in [0, 0.05) is 41.8 Å². The molecule has 2 N–H and O–H groups in total. The Kier molecular flexibility index (Phi) is 8.05. The van der Waals surface area contributed by atoms with E-state index in [1.165, 1.54) is 24.8 Å². The minimum atomic E-state index is -0.104. The number of carbonyl (C=O) groups excluding carboxylic acids is 2. The van der Waals surface area contributed by atoms with Crippen LogP contribution in [0.5, 0.6) is 0 Å². The Morgan fingerprint density at radius 2 is 1.91 bits per heavy atom. The molecule has 0 spiro atoms. The highest BCUT2D eigenvalue weighted by atomic mass is 35.5. The van der Waals surface area contributed by atoms with E-state index in [0.29, 0.717) is 23.7 Å². The molecule has 6 heteroatoms. The molecular weight excluding hydrogens is 434 g/mol. The second kappa shape index (κ2) is 11.4. The number of urea groups is 1. The van der Waals surface area contributed by atoms with Crippen LogP contribution in [-0.4, -0.2) is 36.5 Å². The standard InChI is InChI=1S/C27H32ClN3O2/c28-24-11-13-25(14-12-24)30-27(33)31-17-5-10-23(19-31)21-8-4-9-22(18-21)26(32)29-16-15-20-6-2-1-3-7-20/h4,6,8-9,11-14,18,23H,1-3,5,7,10,15-17,19H2,(H,29,32)(H,30,33). The van der Waals surface area contributed by atoms with Gasteiger partial charge in [0.2, 0.25) is 0 Å². The Labute approximate surface area is 201 Å². The van der Waals surface area contributed by atoms with Crippen molar-refractivity contribution in [2.75, 3.05) is 25.0 Å². The molecule has 1 fully saturated rings. The fourth-order valence-electron chi connectivity index (χ4n) is 4.67. The molecule has 2 aromatic carbocycles. The second-order valence-electron chi connectivity index (χ2n) is 8.96. The van der Waals surface area contributed by atoms with E-state index in [4.69, 9.17) is 11.6 Å². The summed E-state index contributed by atoms with van der Waals surface area (Å²) in [6, 6.07) is 14.9. The zero-order valence-corrected chi connectivity index (χ0v) is 19.7. The van der Waals surface area contributed by atoms with E-state index < -0.39 is 0 Å². The van der Waals surface area contributed by atoms with Crippen LogP contribution >= 0.6 is 11.6 Å². The maximum absolute atomic E-state index is 12.8. The zero-order chi connectivity index (χ0) is 23.0. The quantitative estimate of drug-likeness (QED) is 0.487. The molecule has 1 aliphatic heterocycles. The maximum Gasteiger partial charge on any atom is 0.321 e. The van der Waals surface area contributed by atoms with Gasteiger partial charge in [0.05, 0.1) is 0 Å². The van der Waals surface area contributed by atoms with Crippen LogP contribution in [0, 0.1) is 0 Å². The first-order valence-corrected chi connectivity index (χ1v) is 12.3. The van der Waals surface area contributed by atoms with Crippen molar-refractivity contribution in [1.82, 2.24) is 10.2 Å². The Morgan fingerprint density at radius 3 is 2.70 bits per heavy atom. The summed E-state index contributed by atoms with van der Waals surface area (Å²) >= 11 is 5.93. The third-order valence-electron chi connectivity index (χ3n) is 6.54. The van der Waals surface area contributed by atoms with Crippen LogP contribution in [0.4, 0.5) is 10.5 Å². The highest BCUT2D eigenvalue weighted by Gasteiger charge is 2.25. The highest BCUT2D eigenvalue weighted by molar-refractivity contribution is 6.30. The molecule has 4 rings (SSSR count). The number of likely N-dealkylation sites (tertiary alicyclic amines) is 1. The lowest BCUT2D eigenvalue weighted by molar-refractivity contribution is 0.0953. The predicted octanol–water partition coefficient (Wildman–Crippen LogP) is 6.37. The van der Waals surface area contributed by atoms with Gasteiger partial charge in [0.25, 0.3) is 5.91 Å². The van der Waals surface area contributed by atoms with Crippen LogP contribution in [-0.2, 0) is 0 Å². The first-order valence-electron chi connectivity index (χ1n) is 12.0. The van der Waals surface area contributed by atoms with Crippen molar-refractivity contribution in [2.24, 2.45) is 0 Å². The smallest absolute Gasteiger partial charge is 0.321 e. The molecule has 174 valence electrons. The number of nitrogens with zero attached hydrogens (tertiary/aromatic N) is 1. The van der Waals surface area contributed by atoms with Crippen molar-refractivity contribution in [1.29, 1.82) is 0 Å². The molecule has 0 bridgehead atoms. The summed E-state index contributed by atoms with van der Waals surface area (Å²) < 4.78 is 0. The average Bonchev–Trinajstić information content (AvgIpc) is 2.86. The number of rotatable bonds is 6. The number of anilines is 1. The predicted molar refractivity (Wildman–Crippen MR) is 134 cm³/mol. The zero-order valence-electron chi connectivity index (χ0n) is 19.0. The summed E-state index contributed by atoms with van der Waals surface area (Å²) in [7, 11) is 0. The number of hydrogen-bond acceptors (Lipinski definition) is 2. The number of hydrogen-bond donors (Lipinski definition) is 2. The molecule has 0 saturated carbocycles. The van der Waals surface area contributed by atoms with Crippen LogP contribution in [0.1, 0.15) is 66.8 Å². The molecule has 0 aromatic heterocycles. The normalized spacial score (nSPS) is 18.4. The van der Waals surface area contributed by atoms with Crippen LogP contribution in [0.3, 0.4) is 0 Å². The Morgan fingerprint density at radius 1 is 1.06 bits per heavy atom. The monoisotopic (exact) mass is 465 g/mol. The fourth-order valence-corrected chi connectivity index (χ4v) is 4.80. The number of nitrogens with one attached hydrogen (secondary N) is 2. The Bertz CT molecular complexity index is 1000. The van der Waals surface area contributed by atoms with E-state index in [0.717, 1.165) is 43.5 Å². The van der Waals surface area contributed by atoms with Gasteiger partial charge < -0.3 is 15.5 Å². The van der Waals surface area contributed by atoms with Crippen molar-refractivity contribution in [2.45, 2.75) is 50.9 Å². The molecule has 2 aromatic rings. The molecule has 1 aliphatic carbocycles. The molecule has 5 nitrogen and oxygen atoms in total. The van der Waals surface area contributed by atoms with E-state index in [1.807, 2.05) is 23.1 Å². The average molecular weight is 466 g/mol. The Balaban J connectivity index is 1.32. The van der Waals surface area contributed by atoms with Crippen molar-refractivity contribution >= 4 is 29.2 Å². The molecular formula is C27H32ClN3O2. The summed E-state index contributed by atoms with van der Waals surface area (Å²) in [5.74, 6) is 0.191. The third kappa shape index (κ3) is 6.61. The fraction of sp³-hybridized carbons (Fsp3) is 0.407. The van der Waals surface area contributed by atoms with E-state index in [2.05, 4.69) is 22.8 Å². The maximum atomic E-state index is 12.8. The first kappa shape index (κ1) is 23.4. The number of carbonyl (C=O) groups is 2. The number of piperidine rings is 1. The molecule has 3 amide bonds. The van der Waals surface area contributed by atoms with Gasteiger partial charge in [0.15, 0.2) is 0 Å². The Hall–Kier alpha value is -2.79. The summed E-state index contributed by atoms with van der Waals surface area (Å²) in [6.07, 6.45) is 10.1. The van der Waals surface area contributed by atoms with Gasteiger partial charge >= 0.3 is 6.03 Å². The lowest BCUT2D eigenvalue weighted by Crippen LogP contribution is -2.41. The number of halogens is 1. The van der Waals surface area contributed by atoms with Crippen molar-refractivity contribution in [3.05, 3.63) is 76.3 Å². The van der Waals surface area contributed by atoms with E-state index >= 15 is 0 Å². The third-order valence-corrected chi connectivity index (χ3v) is 6.79. The first-order chi connectivity index (χ1) is 16.1. The summed E-state index contributed by atoms with van der Waals surface area (Å²) in [5, 5.41) is 6.66. The van der Waals surface area contributed by atoms with Crippen LogP contribution < -0.4 is 10.6 Å². The highest BCUT2D eigenvalue weighted by Crippen LogP contribution is 2.28. The molecule has 1 unspecified atom stereocenters. The SMILES string of the molecule is O=C(NCCC1=CCCCC1)c1cccc(C2CCCN(C(=O)Nc3ccc(Cl)cc3)C2)c1. The van der Waals surface area contributed by atoms with Gasteiger partial charge in [-0.1, -0.05) is 35.4 Å². The van der Waals surface area contributed by atoms with Gasteiger partial charge in [-0.15, -0.1) is 0 Å². The summed E-state index contributed by atoms with van der Waals surface area (Å²) in [6.45, 7) is 2.04. The second-order valence-corrected chi connectivity index (χ2v) is 9.40. The number of benzene rings is 2. The van der Waals surface area contributed by atoms with Gasteiger partial charge in [-0.25, -0.2) is 4.79 Å². The van der Waals surface area contributed by atoms with Gasteiger partial charge in [-0.05, 0) is 86.9 Å². The van der Waals surface area contributed by atoms with Crippen molar-refractivity contribution in [3.63, 3.8) is 0 Å². The lowest BCUT2D eigenvalue weighted by Gasteiger charge is -2.33. The molecule has 1 saturated heterocycles. The van der Waals surface area contributed by atoms with E-state index in [1.54, 1.807) is 24.3 Å². The van der Waals surface area contributed by atoms with E-state index in [-0.39, 0.29) is 17.9 Å². The summed E-state index contributed by atoms with van der Waals surface area (Å²) in [5.41, 5.74) is 4.00. The number of allylic oxidation sites excluding steroid dienone is 1. The van der Waals surface area contributed by atoms with Gasteiger partial charge in [-0.2, -0.15) is 0 Å². The van der Waals surface area contributed by atoms with Crippen molar-refractivity contribution in [3.8, 4) is 0 Å². The molecule has 2 aliphatic rings. The molecule has 33 heavy (non-hydrogen) atoms. The topological polar surface area (TPSA) is 61.4 Å². The largest absolute Gasteiger partial charge is 0.352 e.